The molecule has 0 saturated heterocycles. The van der Waals surface area contributed by atoms with Crippen molar-refractivity contribution in [2.75, 3.05) is 4.90 Å². The summed E-state index contributed by atoms with van der Waals surface area (Å²) in [7, 11) is 0. The first-order valence-corrected chi connectivity index (χ1v) is 20.5. The highest BCUT2D eigenvalue weighted by Crippen LogP contribution is 2.58. The largest absolute Gasteiger partial charge is 0.455 e. The van der Waals surface area contributed by atoms with Gasteiger partial charge in [-0.1, -0.05) is 160 Å². The summed E-state index contributed by atoms with van der Waals surface area (Å²) in [5.41, 5.74) is 11.1. The van der Waals surface area contributed by atoms with E-state index in [2.05, 4.69) is 172 Å². The number of fused-ring (bicyclic) bond motifs is 6. The second-order valence-corrected chi connectivity index (χ2v) is 18.1. The van der Waals surface area contributed by atoms with Crippen LogP contribution in [0.3, 0.4) is 0 Å². The SMILES string of the molecule is CC1(C)c2ccccc2Sc2c(N(c3ccc(-c4cccc5c4Sc4ccccc4O5)cc3)c3cccc4c3Sc3ccccc3C4(C)C)cccc21. The molecule has 0 amide bonds. The van der Waals surface area contributed by atoms with Gasteiger partial charge in [-0.3, -0.25) is 0 Å². The van der Waals surface area contributed by atoms with E-state index in [1.807, 2.05) is 35.7 Å². The van der Waals surface area contributed by atoms with Crippen molar-refractivity contribution in [2.45, 2.75) is 67.9 Å². The lowest BCUT2D eigenvalue weighted by molar-refractivity contribution is 0.455. The maximum absolute atomic E-state index is 6.37. The molecule has 3 heterocycles. The molecule has 2 nitrogen and oxygen atoms in total. The van der Waals surface area contributed by atoms with Crippen LogP contribution in [0.4, 0.5) is 17.1 Å². The summed E-state index contributed by atoms with van der Waals surface area (Å²) in [5.74, 6) is 1.82. The van der Waals surface area contributed by atoms with E-state index in [9.17, 15) is 0 Å². The summed E-state index contributed by atoms with van der Waals surface area (Å²) in [6, 6.07) is 55.4. The van der Waals surface area contributed by atoms with Crippen LogP contribution in [0.5, 0.6) is 11.5 Å². The zero-order chi connectivity index (χ0) is 35.9. The predicted molar refractivity (Wildman–Crippen MR) is 223 cm³/mol. The monoisotopic (exact) mass is 739 g/mol. The van der Waals surface area contributed by atoms with Crippen LogP contribution in [-0.4, -0.2) is 0 Å². The van der Waals surface area contributed by atoms with Crippen LogP contribution in [-0.2, 0) is 10.8 Å². The molecule has 5 heteroatoms. The molecule has 0 N–H and O–H groups in total. The van der Waals surface area contributed by atoms with Crippen molar-refractivity contribution in [1.29, 1.82) is 0 Å². The fourth-order valence-corrected chi connectivity index (χ4v) is 12.3. The minimum Gasteiger partial charge on any atom is -0.455 e. The zero-order valence-corrected chi connectivity index (χ0v) is 32.5. The van der Waals surface area contributed by atoms with E-state index in [4.69, 9.17) is 4.74 Å². The van der Waals surface area contributed by atoms with Crippen LogP contribution in [0, 0.1) is 0 Å². The van der Waals surface area contributed by atoms with Crippen molar-refractivity contribution in [3.63, 3.8) is 0 Å². The first-order valence-electron chi connectivity index (χ1n) is 18.1. The van der Waals surface area contributed by atoms with Crippen molar-refractivity contribution in [3.8, 4) is 22.6 Å². The predicted octanol–water partition coefficient (Wildman–Crippen LogP) is 14.7. The van der Waals surface area contributed by atoms with Crippen molar-refractivity contribution < 1.29 is 4.74 Å². The van der Waals surface area contributed by atoms with Gasteiger partial charge in [0.15, 0.2) is 0 Å². The van der Waals surface area contributed by atoms with E-state index in [-0.39, 0.29) is 10.8 Å². The van der Waals surface area contributed by atoms with E-state index in [0.29, 0.717) is 0 Å². The Balaban J connectivity index is 1.15. The van der Waals surface area contributed by atoms with Crippen molar-refractivity contribution in [3.05, 3.63) is 174 Å². The van der Waals surface area contributed by atoms with Crippen LogP contribution in [0.1, 0.15) is 49.9 Å². The summed E-state index contributed by atoms with van der Waals surface area (Å²) in [4.78, 5) is 10.1. The maximum atomic E-state index is 6.37. The Morgan fingerprint density at radius 1 is 0.415 bits per heavy atom. The van der Waals surface area contributed by atoms with E-state index >= 15 is 0 Å². The molecule has 3 aliphatic rings. The van der Waals surface area contributed by atoms with Crippen LogP contribution in [0.2, 0.25) is 0 Å². The first-order chi connectivity index (χ1) is 25.8. The second-order valence-electron chi connectivity index (χ2n) is 14.9. The summed E-state index contributed by atoms with van der Waals surface area (Å²) >= 11 is 5.59. The number of benzene rings is 7. The highest BCUT2D eigenvalue weighted by Gasteiger charge is 2.38. The third kappa shape index (κ3) is 5.20. The number of ether oxygens (including phenoxy) is 1. The molecule has 258 valence electrons. The van der Waals surface area contributed by atoms with Crippen LogP contribution < -0.4 is 9.64 Å². The number of hydrogen-bond donors (Lipinski definition) is 0. The highest BCUT2D eigenvalue weighted by molar-refractivity contribution is 8.00. The Hall–Kier alpha value is -4.81. The molecule has 0 radical (unpaired) electrons. The summed E-state index contributed by atoms with van der Waals surface area (Å²) in [6.07, 6.45) is 0. The van der Waals surface area contributed by atoms with E-state index in [0.717, 1.165) is 27.0 Å². The topological polar surface area (TPSA) is 12.5 Å². The molecular weight excluding hydrogens is 703 g/mol. The lowest BCUT2D eigenvalue weighted by Crippen LogP contribution is -2.26. The van der Waals surface area contributed by atoms with E-state index < -0.39 is 0 Å². The number of anilines is 3. The number of hydrogen-bond acceptors (Lipinski definition) is 5. The van der Waals surface area contributed by atoms with Crippen molar-refractivity contribution >= 4 is 52.3 Å². The molecule has 7 aromatic rings. The Kier molecular flexibility index (Phi) is 7.66. The van der Waals surface area contributed by atoms with Gasteiger partial charge in [0.2, 0.25) is 0 Å². The fraction of sp³-hybridized carbons (Fsp3) is 0.125. The van der Waals surface area contributed by atoms with Gasteiger partial charge in [0.25, 0.3) is 0 Å². The molecule has 0 fully saturated rings. The van der Waals surface area contributed by atoms with Crippen molar-refractivity contribution in [2.24, 2.45) is 0 Å². The molecule has 10 rings (SSSR count). The molecular formula is C48H37NOS3. The Morgan fingerprint density at radius 2 is 0.887 bits per heavy atom. The van der Waals surface area contributed by atoms with Gasteiger partial charge in [0.05, 0.1) is 21.2 Å². The maximum Gasteiger partial charge on any atom is 0.142 e. The molecule has 0 saturated carbocycles. The van der Waals surface area contributed by atoms with Gasteiger partial charge in [-0.15, -0.1) is 0 Å². The summed E-state index contributed by atoms with van der Waals surface area (Å²) in [5, 5.41) is 0. The quantitative estimate of drug-likeness (QED) is 0.178. The van der Waals surface area contributed by atoms with Gasteiger partial charge in [-0.05, 0) is 88.0 Å². The first kappa shape index (κ1) is 32.8. The van der Waals surface area contributed by atoms with Crippen LogP contribution >= 0.6 is 35.3 Å². The van der Waals surface area contributed by atoms with Gasteiger partial charge in [-0.25, -0.2) is 0 Å². The minimum atomic E-state index is -0.140. The molecule has 0 aliphatic carbocycles. The third-order valence-corrected chi connectivity index (χ3v) is 14.7. The molecule has 0 atom stereocenters. The van der Waals surface area contributed by atoms with Crippen LogP contribution in [0.25, 0.3) is 11.1 Å². The number of nitrogens with zero attached hydrogens (tertiary/aromatic N) is 1. The van der Waals surface area contributed by atoms with Gasteiger partial charge in [0.1, 0.15) is 11.5 Å². The van der Waals surface area contributed by atoms with Crippen LogP contribution in [0.15, 0.2) is 181 Å². The Labute approximate surface area is 324 Å². The normalized spacial score (nSPS) is 15.4. The van der Waals surface area contributed by atoms with Crippen molar-refractivity contribution in [1.82, 2.24) is 0 Å². The average molecular weight is 740 g/mol. The zero-order valence-electron chi connectivity index (χ0n) is 30.0. The molecule has 0 unspecified atom stereocenters. The lowest BCUT2D eigenvalue weighted by atomic mass is 9.77. The Morgan fingerprint density at radius 3 is 1.49 bits per heavy atom. The summed E-state index contributed by atoms with van der Waals surface area (Å²) in [6.45, 7) is 9.47. The Bertz CT molecular complexity index is 2480. The fourth-order valence-electron chi connectivity index (χ4n) is 8.23. The van der Waals surface area contributed by atoms with Gasteiger partial charge < -0.3 is 9.64 Å². The van der Waals surface area contributed by atoms with Gasteiger partial charge in [-0.2, -0.15) is 0 Å². The highest BCUT2D eigenvalue weighted by atomic mass is 32.2. The third-order valence-electron chi connectivity index (χ3n) is 11.1. The average Bonchev–Trinajstić information content (AvgIpc) is 3.18. The number of para-hydroxylation sites is 1. The molecule has 0 spiro atoms. The molecule has 53 heavy (non-hydrogen) atoms. The summed E-state index contributed by atoms with van der Waals surface area (Å²) < 4.78 is 6.37. The standard InChI is InChI=1S/C48H37NOS3/c1-47(2)33-15-5-8-23-41(33)51-45-35(47)17-12-19-37(45)49(38-20-13-18-36-46(38)52-42-24-9-6-16-34(42)48(36,3)4)31-28-26-30(27-29-31)32-14-11-22-40-44(32)53-43-25-10-7-21-39(43)50-40/h5-29H,1-4H3. The number of rotatable bonds is 4. The van der Waals surface area contributed by atoms with E-state index in [1.165, 1.54) is 64.3 Å². The lowest BCUT2D eigenvalue weighted by Gasteiger charge is -2.40. The smallest absolute Gasteiger partial charge is 0.142 e. The molecule has 7 aromatic carbocycles. The molecule has 0 bridgehead atoms. The second kappa shape index (κ2) is 12.4. The van der Waals surface area contributed by atoms with Gasteiger partial charge in [0, 0.05) is 36.1 Å². The minimum absolute atomic E-state index is 0.140. The van der Waals surface area contributed by atoms with Gasteiger partial charge >= 0.3 is 0 Å². The molecule has 3 aliphatic heterocycles. The van der Waals surface area contributed by atoms with E-state index in [1.54, 1.807) is 11.8 Å². The molecule has 0 aromatic heterocycles.